The minimum Gasteiger partial charge on any atom is -0.314 e. The molecule has 0 saturated heterocycles. The summed E-state index contributed by atoms with van der Waals surface area (Å²) in [6.45, 7) is 5.47. The van der Waals surface area contributed by atoms with Crippen molar-refractivity contribution >= 4 is 15.9 Å². The van der Waals surface area contributed by atoms with Crippen LogP contribution in [-0.2, 0) is 13.5 Å². The van der Waals surface area contributed by atoms with Crippen LogP contribution in [-0.4, -0.2) is 22.4 Å². The molecule has 1 aliphatic carbocycles. The lowest BCUT2D eigenvalue weighted by molar-refractivity contribution is 0.281. The van der Waals surface area contributed by atoms with Crippen LogP contribution in [0, 0.1) is 12.8 Å². The summed E-state index contributed by atoms with van der Waals surface area (Å²) < 4.78 is 3.25. The van der Waals surface area contributed by atoms with Gasteiger partial charge in [-0.05, 0) is 67.4 Å². The highest BCUT2D eigenvalue weighted by Crippen LogP contribution is 2.30. The van der Waals surface area contributed by atoms with Gasteiger partial charge in [0.2, 0.25) is 0 Å². The van der Waals surface area contributed by atoms with Gasteiger partial charge in [0.05, 0.1) is 15.9 Å². The second-order valence-corrected chi connectivity index (χ2v) is 6.65. The van der Waals surface area contributed by atoms with E-state index in [1.807, 2.05) is 4.68 Å². The first kappa shape index (κ1) is 15.0. The Morgan fingerprint density at radius 3 is 2.84 bits per heavy atom. The Morgan fingerprint density at radius 2 is 2.21 bits per heavy atom. The van der Waals surface area contributed by atoms with Gasteiger partial charge >= 0.3 is 0 Å². The molecule has 0 spiro atoms. The summed E-state index contributed by atoms with van der Waals surface area (Å²) in [7, 11) is 2.06. The molecule has 1 saturated carbocycles. The van der Waals surface area contributed by atoms with Gasteiger partial charge in [-0.25, -0.2) is 0 Å². The fourth-order valence-corrected chi connectivity index (χ4v) is 3.68. The van der Waals surface area contributed by atoms with Gasteiger partial charge in [-0.2, -0.15) is 5.10 Å². The summed E-state index contributed by atoms with van der Waals surface area (Å²) in [4.78, 5) is 0. The standard InChI is InChI=1S/C15H26BrN3/c1-4-8-17-13-7-5-6-12(9-13)10-14-15(16)11(2)18-19(14)3/h12-13,17H,4-10H2,1-3H3. The third-order valence-corrected chi connectivity index (χ3v) is 5.24. The lowest BCUT2D eigenvalue weighted by Crippen LogP contribution is -2.35. The van der Waals surface area contributed by atoms with Crippen molar-refractivity contribution in [3.8, 4) is 0 Å². The fourth-order valence-electron chi connectivity index (χ4n) is 3.19. The number of aryl methyl sites for hydroxylation is 2. The summed E-state index contributed by atoms with van der Waals surface area (Å²) in [5, 5.41) is 8.19. The van der Waals surface area contributed by atoms with Crippen molar-refractivity contribution in [2.45, 2.75) is 58.4 Å². The Kier molecular flexibility index (Phi) is 5.46. The maximum atomic E-state index is 4.50. The highest BCUT2D eigenvalue weighted by molar-refractivity contribution is 9.10. The summed E-state index contributed by atoms with van der Waals surface area (Å²) in [5.74, 6) is 0.800. The Labute approximate surface area is 125 Å². The van der Waals surface area contributed by atoms with Crippen molar-refractivity contribution in [1.29, 1.82) is 0 Å². The van der Waals surface area contributed by atoms with E-state index in [1.165, 1.54) is 42.3 Å². The second kappa shape index (κ2) is 6.89. The molecular weight excluding hydrogens is 302 g/mol. The van der Waals surface area contributed by atoms with E-state index in [4.69, 9.17) is 0 Å². The summed E-state index contributed by atoms with van der Waals surface area (Å²) in [6.07, 6.45) is 7.77. The molecule has 1 fully saturated rings. The Morgan fingerprint density at radius 1 is 1.42 bits per heavy atom. The van der Waals surface area contributed by atoms with Crippen LogP contribution in [0.15, 0.2) is 4.47 Å². The van der Waals surface area contributed by atoms with Crippen LogP contribution in [0.5, 0.6) is 0 Å². The van der Waals surface area contributed by atoms with E-state index in [0.29, 0.717) is 0 Å². The number of halogens is 1. The molecule has 1 aliphatic rings. The summed E-state index contributed by atoms with van der Waals surface area (Å²) in [5.41, 5.74) is 2.47. The molecule has 2 atom stereocenters. The number of hydrogen-bond donors (Lipinski definition) is 1. The van der Waals surface area contributed by atoms with Crippen molar-refractivity contribution in [3.63, 3.8) is 0 Å². The Bertz CT molecular complexity index is 414. The van der Waals surface area contributed by atoms with Crippen LogP contribution in [0.4, 0.5) is 0 Å². The summed E-state index contributed by atoms with van der Waals surface area (Å²) >= 11 is 3.69. The van der Waals surface area contributed by atoms with Crippen LogP contribution in [0.1, 0.15) is 50.4 Å². The van der Waals surface area contributed by atoms with Gasteiger partial charge in [0.15, 0.2) is 0 Å². The minimum absolute atomic E-state index is 0.729. The molecule has 0 radical (unpaired) electrons. The van der Waals surface area contributed by atoms with Crippen molar-refractivity contribution in [3.05, 3.63) is 15.9 Å². The average molecular weight is 328 g/mol. The number of hydrogen-bond acceptors (Lipinski definition) is 2. The molecule has 0 aliphatic heterocycles. The van der Waals surface area contributed by atoms with Crippen molar-refractivity contribution in [1.82, 2.24) is 15.1 Å². The first-order valence-electron chi connectivity index (χ1n) is 7.53. The molecule has 19 heavy (non-hydrogen) atoms. The maximum Gasteiger partial charge on any atom is 0.0738 e. The van der Waals surface area contributed by atoms with Gasteiger partial charge in [-0.15, -0.1) is 0 Å². The molecule has 4 heteroatoms. The number of nitrogens with one attached hydrogen (secondary N) is 1. The number of rotatable bonds is 5. The highest BCUT2D eigenvalue weighted by atomic mass is 79.9. The van der Waals surface area contributed by atoms with Crippen molar-refractivity contribution < 1.29 is 0 Å². The van der Waals surface area contributed by atoms with Crippen LogP contribution < -0.4 is 5.32 Å². The molecule has 1 N–H and O–H groups in total. The number of nitrogens with zero attached hydrogens (tertiary/aromatic N) is 2. The van der Waals surface area contributed by atoms with Gasteiger partial charge in [0.25, 0.3) is 0 Å². The van der Waals surface area contributed by atoms with Crippen molar-refractivity contribution in [2.24, 2.45) is 13.0 Å². The quantitative estimate of drug-likeness (QED) is 0.895. The van der Waals surface area contributed by atoms with E-state index < -0.39 is 0 Å². The lowest BCUT2D eigenvalue weighted by atomic mass is 9.83. The van der Waals surface area contributed by atoms with Gasteiger partial charge in [-0.3, -0.25) is 4.68 Å². The van der Waals surface area contributed by atoms with E-state index in [9.17, 15) is 0 Å². The monoisotopic (exact) mass is 327 g/mol. The van der Waals surface area contributed by atoms with Gasteiger partial charge in [0.1, 0.15) is 0 Å². The highest BCUT2D eigenvalue weighted by Gasteiger charge is 2.24. The normalized spacial score (nSPS) is 23.8. The van der Waals surface area contributed by atoms with E-state index in [-0.39, 0.29) is 0 Å². The number of aromatic nitrogens is 2. The molecule has 3 nitrogen and oxygen atoms in total. The predicted molar refractivity (Wildman–Crippen MR) is 83.4 cm³/mol. The molecule has 1 heterocycles. The van der Waals surface area contributed by atoms with Gasteiger partial charge in [-0.1, -0.05) is 13.3 Å². The maximum absolute atomic E-state index is 4.50. The largest absolute Gasteiger partial charge is 0.314 e. The smallest absolute Gasteiger partial charge is 0.0738 e. The average Bonchev–Trinajstić information content (AvgIpc) is 2.64. The van der Waals surface area contributed by atoms with Gasteiger partial charge in [0, 0.05) is 13.1 Å². The molecule has 2 rings (SSSR count). The zero-order chi connectivity index (χ0) is 13.8. The zero-order valence-corrected chi connectivity index (χ0v) is 14.0. The van der Waals surface area contributed by atoms with Gasteiger partial charge < -0.3 is 5.32 Å². The minimum atomic E-state index is 0.729. The van der Waals surface area contributed by atoms with E-state index in [1.54, 1.807) is 0 Å². The van der Waals surface area contributed by atoms with E-state index >= 15 is 0 Å². The Balaban J connectivity index is 1.95. The first-order valence-corrected chi connectivity index (χ1v) is 8.32. The topological polar surface area (TPSA) is 29.9 Å². The molecule has 0 amide bonds. The second-order valence-electron chi connectivity index (χ2n) is 5.86. The van der Waals surface area contributed by atoms with Crippen LogP contribution in [0.3, 0.4) is 0 Å². The Hall–Kier alpha value is -0.350. The summed E-state index contributed by atoms with van der Waals surface area (Å²) in [6, 6.07) is 0.729. The predicted octanol–water partition coefficient (Wildman–Crippen LogP) is 3.59. The molecule has 1 aromatic heterocycles. The zero-order valence-electron chi connectivity index (χ0n) is 12.4. The van der Waals surface area contributed by atoms with E-state index in [0.717, 1.165) is 30.6 Å². The lowest BCUT2D eigenvalue weighted by Gasteiger charge is -2.30. The third kappa shape index (κ3) is 3.82. The molecule has 108 valence electrons. The third-order valence-electron chi connectivity index (χ3n) is 4.21. The van der Waals surface area contributed by atoms with Crippen LogP contribution in [0.2, 0.25) is 0 Å². The van der Waals surface area contributed by atoms with Crippen LogP contribution >= 0.6 is 15.9 Å². The molecule has 2 unspecified atom stereocenters. The molecule has 0 bridgehead atoms. The first-order chi connectivity index (χ1) is 9.11. The fraction of sp³-hybridized carbons (Fsp3) is 0.800. The molecular formula is C15H26BrN3. The SMILES string of the molecule is CCCNC1CCCC(Cc2c(Br)c(C)nn2C)C1. The van der Waals surface area contributed by atoms with Crippen LogP contribution in [0.25, 0.3) is 0 Å². The van der Waals surface area contributed by atoms with E-state index in [2.05, 4.69) is 47.2 Å². The molecule has 1 aromatic rings. The van der Waals surface area contributed by atoms with Crippen molar-refractivity contribution in [2.75, 3.05) is 6.54 Å². The molecule has 0 aromatic carbocycles.